The van der Waals surface area contributed by atoms with Gasteiger partial charge in [0.25, 0.3) is 0 Å². The molecule has 1 saturated heterocycles. The maximum Gasteiger partial charge on any atom is 0.238 e. The molecule has 0 radical (unpaired) electrons. The van der Waals surface area contributed by atoms with Crippen LogP contribution in [0.4, 0.5) is 11.4 Å². The maximum atomic E-state index is 12.2. The summed E-state index contributed by atoms with van der Waals surface area (Å²) in [6.07, 6.45) is 3.50. The molecule has 1 atom stereocenters. The summed E-state index contributed by atoms with van der Waals surface area (Å²) in [6.45, 7) is 4.54. The number of amides is 1. The summed E-state index contributed by atoms with van der Waals surface area (Å²) in [5.41, 5.74) is 6.67. The summed E-state index contributed by atoms with van der Waals surface area (Å²) in [7, 11) is 0. The lowest BCUT2D eigenvalue weighted by Gasteiger charge is -2.20. The molecule has 1 aromatic carbocycles. The van der Waals surface area contributed by atoms with Crippen LogP contribution in [0.1, 0.15) is 26.2 Å². The smallest absolute Gasteiger partial charge is 0.238 e. The second kappa shape index (κ2) is 7.34. The number of nitrogen functional groups attached to an aromatic ring is 1. The van der Waals surface area contributed by atoms with E-state index in [1.54, 1.807) is 12.1 Å². The van der Waals surface area contributed by atoms with Crippen molar-refractivity contribution < 1.29 is 4.79 Å². The van der Waals surface area contributed by atoms with E-state index in [1.165, 1.54) is 6.42 Å². The molecule has 1 unspecified atom stereocenters. The standard InChI is InChI=1S/C15H21Cl2N3O/c1-10-3-2-5-20(6-4-10)9-14(21)19-15-12(17)7-11(16)8-13(15)18/h7-8,10H,2-6,9,18H2,1H3,(H,19,21). The minimum atomic E-state index is -0.0968. The number of benzene rings is 1. The number of halogens is 2. The first-order chi connectivity index (χ1) is 9.95. The average molecular weight is 330 g/mol. The molecular formula is C15H21Cl2N3O. The van der Waals surface area contributed by atoms with Gasteiger partial charge in [0.2, 0.25) is 5.91 Å². The van der Waals surface area contributed by atoms with Gasteiger partial charge in [-0.25, -0.2) is 0 Å². The molecule has 1 amide bonds. The second-order valence-corrected chi connectivity index (χ2v) is 6.56. The van der Waals surface area contributed by atoms with Gasteiger partial charge in [0, 0.05) is 5.02 Å². The third-order valence-corrected chi connectivity index (χ3v) is 4.34. The molecule has 1 aromatic rings. The van der Waals surface area contributed by atoms with Gasteiger partial charge in [0.1, 0.15) is 0 Å². The molecule has 0 bridgehead atoms. The summed E-state index contributed by atoms with van der Waals surface area (Å²) in [4.78, 5) is 14.3. The Morgan fingerprint density at radius 2 is 2.14 bits per heavy atom. The predicted molar refractivity (Wildman–Crippen MR) is 89.0 cm³/mol. The van der Waals surface area contributed by atoms with Gasteiger partial charge in [0.05, 0.1) is 22.9 Å². The van der Waals surface area contributed by atoms with E-state index in [4.69, 9.17) is 28.9 Å². The SMILES string of the molecule is CC1CCCN(CC(=O)Nc2c(N)cc(Cl)cc2Cl)CC1. The van der Waals surface area contributed by atoms with E-state index < -0.39 is 0 Å². The van der Waals surface area contributed by atoms with Gasteiger partial charge in [-0.3, -0.25) is 9.69 Å². The highest BCUT2D eigenvalue weighted by atomic mass is 35.5. The predicted octanol–water partition coefficient (Wildman–Crippen LogP) is 3.64. The van der Waals surface area contributed by atoms with Crippen molar-refractivity contribution in [3.05, 3.63) is 22.2 Å². The second-order valence-electron chi connectivity index (χ2n) is 5.71. The number of nitrogens with two attached hydrogens (primary N) is 1. The van der Waals surface area contributed by atoms with Crippen molar-refractivity contribution in [2.45, 2.75) is 26.2 Å². The Hall–Kier alpha value is -0.970. The van der Waals surface area contributed by atoms with E-state index in [2.05, 4.69) is 17.1 Å². The van der Waals surface area contributed by atoms with Crippen LogP contribution in [-0.2, 0) is 4.79 Å². The molecule has 0 aliphatic carbocycles. The topological polar surface area (TPSA) is 58.4 Å². The number of rotatable bonds is 3. The minimum absolute atomic E-state index is 0.0968. The fraction of sp³-hybridized carbons (Fsp3) is 0.533. The fourth-order valence-electron chi connectivity index (χ4n) is 2.59. The molecule has 0 spiro atoms. The highest BCUT2D eigenvalue weighted by Crippen LogP contribution is 2.32. The van der Waals surface area contributed by atoms with Gasteiger partial charge in [-0.15, -0.1) is 0 Å². The van der Waals surface area contributed by atoms with E-state index in [0.29, 0.717) is 28.0 Å². The van der Waals surface area contributed by atoms with Gasteiger partial charge in [-0.1, -0.05) is 30.1 Å². The van der Waals surface area contributed by atoms with Crippen molar-refractivity contribution in [3.8, 4) is 0 Å². The first-order valence-corrected chi connectivity index (χ1v) is 7.98. The molecule has 2 rings (SSSR count). The highest BCUT2D eigenvalue weighted by molar-refractivity contribution is 6.37. The van der Waals surface area contributed by atoms with Gasteiger partial charge in [-0.2, -0.15) is 0 Å². The van der Waals surface area contributed by atoms with Gasteiger partial charge in [0.15, 0.2) is 0 Å². The number of likely N-dealkylation sites (tertiary alicyclic amines) is 1. The monoisotopic (exact) mass is 329 g/mol. The van der Waals surface area contributed by atoms with Crippen molar-refractivity contribution in [1.29, 1.82) is 0 Å². The number of nitrogens with zero attached hydrogens (tertiary/aromatic N) is 1. The van der Waals surface area contributed by atoms with Crippen molar-refractivity contribution in [2.75, 3.05) is 30.7 Å². The molecule has 0 saturated carbocycles. The van der Waals surface area contributed by atoms with E-state index in [-0.39, 0.29) is 5.91 Å². The summed E-state index contributed by atoms with van der Waals surface area (Å²) in [6, 6.07) is 3.15. The molecule has 1 aliphatic rings. The fourth-order valence-corrected chi connectivity index (χ4v) is 3.14. The normalized spacial score (nSPS) is 20.0. The molecule has 4 nitrogen and oxygen atoms in total. The minimum Gasteiger partial charge on any atom is -0.397 e. The highest BCUT2D eigenvalue weighted by Gasteiger charge is 2.17. The number of hydrogen-bond donors (Lipinski definition) is 2. The molecule has 3 N–H and O–H groups in total. The van der Waals surface area contributed by atoms with Crippen LogP contribution in [0, 0.1) is 5.92 Å². The summed E-state index contributed by atoms with van der Waals surface area (Å²) >= 11 is 11.9. The Balaban J connectivity index is 1.96. The Morgan fingerprint density at radius 1 is 1.38 bits per heavy atom. The van der Waals surface area contributed by atoms with E-state index in [0.717, 1.165) is 31.8 Å². The molecule has 1 heterocycles. The van der Waals surface area contributed by atoms with Crippen LogP contribution in [0.3, 0.4) is 0 Å². The molecule has 1 fully saturated rings. The van der Waals surface area contributed by atoms with E-state index in [1.807, 2.05) is 0 Å². The molecular weight excluding hydrogens is 309 g/mol. The maximum absolute atomic E-state index is 12.2. The summed E-state index contributed by atoms with van der Waals surface area (Å²) < 4.78 is 0. The first kappa shape index (κ1) is 16.4. The number of nitrogens with one attached hydrogen (secondary N) is 1. The van der Waals surface area contributed by atoms with Crippen LogP contribution in [0.25, 0.3) is 0 Å². The zero-order valence-electron chi connectivity index (χ0n) is 12.2. The summed E-state index contributed by atoms with van der Waals surface area (Å²) in [5, 5.41) is 3.60. The largest absolute Gasteiger partial charge is 0.397 e. The molecule has 0 aromatic heterocycles. The Morgan fingerprint density at radius 3 is 2.86 bits per heavy atom. The van der Waals surface area contributed by atoms with Crippen molar-refractivity contribution in [2.24, 2.45) is 5.92 Å². The van der Waals surface area contributed by atoms with Crippen molar-refractivity contribution in [1.82, 2.24) is 4.90 Å². The molecule has 21 heavy (non-hydrogen) atoms. The molecule has 1 aliphatic heterocycles. The van der Waals surface area contributed by atoms with E-state index >= 15 is 0 Å². The Labute approximate surface area is 135 Å². The quantitative estimate of drug-likeness (QED) is 0.832. The summed E-state index contributed by atoms with van der Waals surface area (Å²) in [5.74, 6) is 0.639. The van der Waals surface area contributed by atoms with Crippen LogP contribution >= 0.6 is 23.2 Å². The lowest BCUT2D eigenvalue weighted by molar-refractivity contribution is -0.117. The number of carbonyl (C=O) groups excluding carboxylic acids is 1. The molecule has 116 valence electrons. The van der Waals surface area contributed by atoms with Crippen molar-refractivity contribution in [3.63, 3.8) is 0 Å². The van der Waals surface area contributed by atoms with Crippen LogP contribution in [0.2, 0.25) is 10.0 Å². The number of anilines is 2. The zero-order valence-corrected chi connectivity index (χ0v) is 13.7. The van der Waals surface area contributed by atoms with Gasteiger partial charge in [-0.05, 0) is 50.4 Å². The Kier molecular flexibility index (Phi) is 5.73. The lowest BCUT2D eigenvalue weighted by atomic mass is 10.0. The van der Waals surface area contributed by atoms with Gasteiger partial charge >= 0.3 is 0 Å². The van der Waals surface area contributed by atoms with Gasteiger partial charge < -0.3 is 11.1 Å². The zero-order chi connectivity index (χ0) is 15.4. The average Bonchev–Trinajstić information content (AvgIpc) is 2.59. The third kappa shape index (κ3) is 4.77. The first-order valence-electron chi connectivity index (χ1n) is 7.22. The van der Waals surface area contributed by atoms with Crippen LogP contribution in [0.5, 0.6) is 0 Å². The molecule has 6 heteroatoms. The van der Waals surface area contributed by atoms with Crippen LogP contribution < -0.4 is 11.1 Å². The number of hydrogen-bond acceptors (Lipinski definition) is 3. The number of carbonyl (C=O) groups is 1. The van der Waals surface area contributed by atoms with Crippen LogP contribution in [0.15, 0.2) is 12.1 Å². The van der Waals surface area contributed by atoms with E-state index in [9.17, 15) is 4.79 Å². The lowest BCUT2D eigenvalue weighted by Crippen LogP contribution is -2.34. The van der Waals surface area contributed by atoms with Crippen LogP contribution in [-0.4, -0.2) is 30.4 Å². The third-order valence-electron chi connectivity index (χ3n) is 3.83. The van der Waals surface area contributed by atoms with Crippen molar-refractivity contribution >= 4 is 40.5 Å². The Bertz CT molecular complexity index is 499.